The zero-order valence-corrected chi connectivity index (χ0v) is 15.1. The minimum absolute atomic E-state index is 0.0205. The molecule has 1 aromatic heterocycles. The van der Waals surface area contributed by atoms with E-state index in [9.17, 15) is 4.79 Å². The lowest BCUT2D eigenvalue weighted by atomic mass is 10.1. The Labute approximate surface area is 150 Å². The maximum absolute atomic E-state index is 12.8. The fourth-order valence-corrected chi connectivity index (χ4v) is 3.12. The average Bonchev–Trinajstić information content (AvgIpc) is 2.64. The number of pyridine rings is 1. The van der Waals surface area contributed by atoms with Crippen LogP contribution in [0.25, 0.3) is 0 Å². The zero-order valence-electron chi connectivity index (χ0n) is 13.6. The summed E-state index contributed by atoms with van der Waals surface area (Å²) in [6, 6.07) is 13.6. The van der Waals surface area contributed by atoms with Crippen LogP contribution in [0.2, 0.25) is 0 Å². The minimum Gasteiger partial charge on any atom is -0.367 e. The van der Waals surface area contributed by atoms with E-state index in [0.29, 0.717) is 13.1 Å². The second kappa shape index (κ2) is 7.77. The highest BCUT2D eigenvalue weighted by molar-refractivity contribution is 9.10. The molecule has 0 N–H and O–H groups in total. The molecule has 1 aliphatic heterocycles. The lowest BCUT2D eigenvalue weighted by Gasteiger charge is -2.36. The van der Waals surface area contributed by atoms with Gasteiger partial charge in [-0.25, -0.2) is 4.98 Å². The summed E-state index contributed by atoms with van der Waals surface area (Å²) in [7, 11) is 1.58. The van der Waals surface area contributed by atoms with Crippen molar-refractivity contribution in [2.75, 3.05) is 38.2 Å². The van der Waals surface area contributed by atoms with Crippen molar-refractivity contribution in [2.45, 2.75) is 6.10 Å². The van der Waals surface area contributed by atoms with Crippen LogP contribution < -0.4 is 4.90 Å². The Hall–Kier alpha value is -1.92. The summed E-state index contributed by atoms with van der Waals surface area (Å²) in [5.74, 6) is 0.962. The molecule has 126 valence electrons. The van der Waals surface area contributed by atoms with E-state index in [1.807, 2.05) is 47.4 Å². The van der Waals surface area contributed by atoms with E-state index in [0.717, 1.165) is 28.9 Å². The first kappa shape index (κ1) is 16.9. The van der Waals surface area contributed by atoms with Gasteiger partial charge in [0, 0.05) is 44.0 Å². The molecular formula is C18H20BrN3O2. The smallest absolute Gasteiger partial charge is 0.256 e. The van der Waals surface area contributed by atoms with Gasteiger partial charge < -0.3 is 14.5 Å². The molecule has 6 heteroatoms. The van der Waals surface area contributed by atoms with Gasteiger partial charge in [-0.2, -0.15) is 0 Å². The largest absolute Gasteiger partial charge is 0.367 e. The number of aromatic nitrogens is 1. The number of amides is 1. The normalized spacial score (nSPS) is 16.1. The number of carbonyl (C=O) groups excluding carboxylic acids is 1. The number of rotatable bonds is 4. The fourth-order valence-electron chi connectivity index (χ4n) is 2.88. The number of hydrogen-bond donors (Lipinski definition) is 0. The number of ether oxygens (including phenoxy) is 1. The van der Waals surface area contributed by atoms with Gasteiger partial charge in [0.05, 0.1) is 0 Å². The van der Waals surface area contributed by atoms with E-state index in [1.165, 1.54) is 0 Å². The van der Waals surface area contributed by atoms with E-state index in [2.05, 4.69) is 25.8 Å². The first-order chi connectivity index (χ1) is 11.7. The van der Waals surface area contributed by atoms with Crippen molar-refractivity contribution in [3.63, 3.8) is 0 Å². The Morgan fingerprint density at radius 1 is 1.12 bits per heavy atom. The van der Waals surface area contributed by atoms with Crippen LogP contribution in [0.4, 0.5) is 5.82 Å². The van der Waals surface area contributed by atoms with Crippen molar-refractivity contribution in [1.29, 1.82) is 0 Å². The highest BCUT2D eigenvalue weighted by Gasteiger charge is 2.28. The Bertz CT molecular complexity index is 670. The SMILES string of the molecule is CO[C@H](C(=O)N1CCN(c2ccc(Br)cn2)CC1)c1ccccc1. The molecule has 0 aliphatic carbocycles. The van der Waals surface area contributed by atoms with Gasteiger partial charge >= 0.3 is 0 Å². The van der Waals surface area contributed by atoms with Crippen molar-refractivity contribution in [3.05, 3.63) is 58.7 Å². The van der Waals surface area contributed by atoms with Crippen LogP contribution in [0.5, 0.6) is 0 Å². The average molecular weight is 390 g/mol. The second-order valence-corrected chi connectivity index (χ2v) is 6.59. The molecule has 2 aromatic rings. The number of halogens is 1. The first-order valence-corrected chi connectivity index (χ1v) is 8.71. The molecule has 0 spiro atoms. The van der Waals surface area contributed by atoms with Crippen molar-refractivity contribution in [1.82, 2.24) is 9.88 Å². The molecule has 1 fully saturated rings. The number of hydrogen-bond acceptors (Lipinski definition) is 4. The molecule has 1 aromatic carbocycles. The van der Waals surface area contributed by atoms with Crippen LogP contribution in [0, 0.1) is 0 Å². The summed E-state index contributed by atoms with van der Waals surface area (Å²) < 4.78 is 6.42. The predicted molar refractivity (Wildman–Crippen MR) is 96.9 cm³/mol. The number of piperazine rings is 1. The Morgan fingerprint density at radius 2 is 1.83 bits per heavy atom. The van der Waals surface area contributed by atoms with Crippen LogP contribution >= 0.6 is 15.9 Å². The topological polar surface area (TPSA) is 45.7 Å². The first-order valence-electron chi connectivity index (χ1n) is 7.92. The van der Waals surface area contributed by atoms with Gasteiger partial charge in [0.2, 0.25) is 0 Å². The fraction of sp³-hybridized carbons (Fsp3) is 0.333. The number of anilines is 1. The summed E-state index contributed by atoms with van der Waals surface area (Å²) in [6.45, 7) is 2.88. The van der Waals surface area contributed by atoms with Crippen LogP contribution in [0.1, 0.15) is 11.7 Å². The highest BCUT2D eigenvalue weighted by atomic mass is 79.9. The third kappa shape index (κ3) is 3.76. The summed E-state index contributed by atoms with van der Waals surface area (Å²) in [6.07, 6.45) is 1.26. The lowest BCUT2D eigenvalue weighted by molar-refractivity contribution is -0.142. The van der Waals surface area contributed by atoms with Crippen molar-refractivity contribution in [3.8, 4) is 0 Å². The van der Waals surface area contributed by atoms with Gasteiger partial charge in [-0.1, -0.05) is 30.3 Å². The quantitative estimate of drug-likeness (QED) is 0.806. The second-order valence-electron chi connectivity index (χ2n) is 5.67. The maximum atomic E-state index is 12.8. The molecule has 1 saturated heterocycles. The van der Waals surface area contributed by atoms with Gasteiger partial charge in [0.1, 0.15) is 5.82 Å². The van der Waals surface area contributed by atoms with Gasteiger partial charge in [-0.05, 0) is 33.6 Å². The van der Waals surface area contributed by atoms with E-state index < -0.39 is 6.10 Å². The Balaban J connectivity index is 1.63. The molecule has 0 saturated carbocycles. The molecular weight excluding hydrogens is 370 g/mol. The highest BCUT2D eigenvalue weighted by Crippen LogP contribution is 2.21. The zero-order chi connectivity index (χ0) is 16.9. The maximum Gasteiger partial charge on any atom is 0.256 e. The monoisotopic (exact) mass is 389 g/mol. The van der Waals surface area contributed by atoms with Crippen LogP contribution in [0.15, 0.2) is 53.1 Å². The number of carbonyl (C=O) groups is 1. The number of methoxy groups -OCH3 is 1. The standard InChI is InChI=1S/C18H20BrN3O2/c1-24-17(14-5-3-2-4-6-14)18(23)22-11-9-21(10-12-22)16-8-7-15(19)13-20-16/h2-8,13,17H,9-12H2,1H3/t17-/m0/s1. The van der Waals surface area contributed by atoms with Gasteiger partial charge in [-0.15, -0.1) is 0 Å². The van der Waals surface area contributed by atoms with Crippen molar-refractivity contribution >= 4 is 27.7 Å². The summed E-state index contributed by atoms with van der Waals surface area (Å²) in [5, 5.41) is 0. The van der Waals surface area contributed by atoms with E-state index in [4.69, 9.17) is 4.74 Å². The van der Waals surface area contributed by atoms with E-state index in [1.54, 1.807) is 13.3 Å². The molecule has 5 nitrogen and oxygen atoms in total. The third-order valence-electron chi connectivity index (χ3n) is 4.19. The summed E-state index contributed by atoms with van der Waals surface area (Å²) in [4.78, 5) is 21.3. The van der Waals surface area contributed by atoms with Crippen LogP contribution in [0.3, 0.4) is 0 Å². The molecule has 2 heterocycles. The van der Waals surface area contributed by atoms with E-state index in [-0.39, 0.29) is 5.91 Å². The summed E-state index contributed by atoms with van der Waals surface area (Å²) in [5.41, 5.74) is 0.891. The van der Waals surface area contributed by atoms with Gasteiger partial charge in [0.15, 0.2) is 6.10 Å². The van der Waals surface area contributed by atoms with Crippen LogP contribution in [-0.4, -0.2) is 49.1 Å². The molecule has 0 unspecified atom stereocenters. The molecule has 1 aliphatic rings. The van der Waals surface area contributed by atoms with Crippen molar-refractivity contribution < 1.29 is 9.53 Å². The van der Waals surface area contributed by atoms with Gasteiger partial charge in [0.25, 0.3) is 5.91 Å². The minimum atomic E-state index is -0.538. The molecule has 1 amide bonds. The molecule has 1 atom stereocenters. The number of nitrogens with zero attached hydrogens (tertiary/aromatic N) is 3. The molecule has 24 heavy (non-hydrogen) atoms. The van der Waals surface area contributed by atoms with Crippen molar-refractivity contribution in [2.24, 2.45) is 0 Å². The number of benzene rings is 1. The molecule has 0 bridgehead atoms. The van der Waals surface area contributed by atoms with Gasteiger partial charge in [-0.3, -0.25) is 4.79 Å². The van der Waals surface area contributed by atoms with Crippen LogP contribution in [-0.2, 0) is 9.53 Å². The molecule has 0 radical (unpaired) electrons. The predicted octanol–water partition coefficient (Wildman–Crippen LogP) is 2.88. The summed E-state index contributed by atoms with van der Waals surface area (Å²) >= 11 is 3.40. The Kier molecular flexibility index (Phi) is 5.48. The van der Waals surface area contributed by atoms with E-state index >= 15 is 0 Å². The third-order valence-corrected chi connectivity index (χ3v) is 4.66. The Morgan fingerprint density at radius 3 is 2.42 bits per heavy atom. The molecule has 3 rings (SSSR count). The lowest BCUT2D eigenvalue weighted by Crippen LogP contribution is -2.50.